The molecule has 0 aliphatic carbocycles. The lowest BCUT2D eigenvalue weighted by molar-refractivity contribution is 0.122. The predicted octanol–water partition coefficient (Wildman–Crippen LogP) is 0.981. The summed E-state index contributed by atoms with van der Waals surface area (Å²) in [6.45, 7) is 2.11. The number of aliphatic hydroxyl groups is 2. The molecular formula is C11H16O3. The Bertz CT molecular complexity index is 271. The number of ether oxygens (including phenoxy) is 1. The van der Waals surface area contributed by atoms with E-state index in [9.17, 15) is 0 Å². The van der Waals surface area contributed by atoms with Gasteiger partial charge in [-0.1, -0.05) is 12.1 Å². The highest BCUT2D eigenvalue weighted by Crippen LogP contribution is 2.13. The molecule has 0 radical (unpaired) electrons. The van der Waals surface area contributed by atoms with E-state index in [1.54, 1.807) is 6.92 Å². The fourth-order valence-corrected chi connectivity index (χ4v) is 1.14. The highest BCUT2D eigenvalue weighted by atomic mass is 16.5. The summed E-state index contributed by atoms with van der Waals surface area (Å²) in [6.07, 6.45) is 0.169. The zero-order chi connectivity index (χ0) is 10.4. The van der Waals surface area contributed by atoms with Crippen LogP contribution in [0, 0.1) is 0 Å². The van der Waals surface area contributed by atoms with E-state index < -0.39 is 6.10 Å². The van der Waals surface area contributed by atoms with E-state index in [4.69, 9.17) is 14.9 Å². The van der Waals surface area contributed by atoms with Gasteiger partial charge in [-0.25, -0.2) is 0 Å². The minimum absolute atomic E-state index is 0.139. The molecule has 0 aliphatic rings. The second-order valence-corrected chi connectivity index (χ2v) is 3.28. The zero-order valence-corrected chi connectivity index (χ0v) is 8.31. The Hall–Kier alpha value is -1.06. The molecule has 0 fully saturated rings. The molecule has 2 N–H and O–H groups in total. The molecule has 1 aromatic carbocycles. The van der Waals surface area contributed by atoms with Crippen LogP contribution in [-0.2, 0) is 6.42 Å². The minimum atomic E-state index is -0.462. The van der Waals surface area contributed by atoms with Crippen molar-refractivity contribution in [1.29, 1.82) is 0 Å². The van der Waals surface area contributed by atoms with Gasteiger partial charge in [0.2, 0.25) is 0 Å². The van der Waals surface area contributed by atoms with E-state index >= 15 is 0 Å². The third-order valence-corrected chi connectivity index (χ3v) is 1.79. The second-order valence-electron chi connectivity index (χ2n) is 3.28. The molecule has 0 aliphatic heterocycles. The Balaban J connectivity index is 2.54. The van der Waals surface area contributed by atoms with Crippen LogP contribution in [0.1, 0.15) is 12.5 Å². The van der Waals surface area contributed by atoms with Crippen molar-refractivity contribution in [3.8, 4) is 5.75 Å². The maximum absolute atomic E-state index is 9.02. The van der Waals surface area contributed by atoms with Crippen LogP contribution in [0.3, 0.4) is 0 Å². The van der Waals surface area contributed by atoms with Crippen molar-refractivity contribution in [1.82, 2.24) is 0 Å². The van der Waals surface area contributed by atoms with E-state index in [0.29, 0.717) is 13.0 Å². The van der Waals surface area contributed by atoms with Gasteiger partial charge in [0.25, 0.3) is 0 Å². The van der Waals surface area contributed by atoms with Gasteiger partial charge in [0.15, 0.2) is 0 Å². The van der Waals surface area contributed by atoms with Gasteiger partial charge in [-0.05, 0) is 31.0 Å². The molecule has 0 amide bonds. The summed E-state index contributed by atoms with van der Waals surface area (Å²) in [4.78, 5) is 0. The van der Waals surface area contributed by atoms with Crippen LogP contribution in [0.25, 0.3) is 0 Å². The molecule has 0 heterocycles. The maximum Gasteiger partial charge on any atom is 0.119 e. The van der Waals surface area contributed by atoms with E-state index in [2.05, 4.69) is 0 Å². The van der Waals surface area contributed by atoms with Crippen LogP contribution >= 0.6 is 0 Å². The molecule has 0 spiro atoms. The SMILES string of the molecule is CC(O)COc1cccc(CCO)c1. The molecule has 78 valence electrons. The lowest BCUT2D eigenvalue weighted by Crippen LogP contribution is -2.12. The third-order valence-electron chi connectivity index (χ3n) is 1.79. The van der Waals surface area contributed by atoms with Crippen molar-refractivity contribution in [3.63, 3.8) is 0 Å². The van der Waals surface area contributed by atoms with Crippen LogP contribution in [-0.4, -0.2) is 29.5 Å². The summed E-state index contributed by atoms with van der Waals surface area (Å²) in [5, 5.41) is 17.8. The van der Waals surface area contributed by atoms with Gasteiger partial charge in [0, 0.05) is 6.61 Å². The molecule has 0 bridgehead atoms. The smallest absolute Gasteiger partial charge is 0.119 e. The average molecular weight is 196 g/mol. The third kappa shape index (κ3) is 3.77. The summed E-state index contributed by atoms with van der Waals surface area (Å²) < 4.78 is 5.32. The number of hydrogen-bond acceptors (Lipinski definition) is 3. The van der Waals surface area contributed by atoms with Gasteiger partial charge in [0.05, 0.1) is 6.10 Å². The Kier molecular flexibility index (Phi) is 4.43. The molecule has 1 unspecified atom stereocenters. The Morgan fingerprint density at radius 3 is 2.86 bits per heavy atom. The van der Waals surface area contributed by atoms with Crippen molar-refractivity contribution in [3.05, 3.63) is 29.8 Å². The standard InChI is InChI=1S/C11H16O3/c1-9(13)8-14-11-4-2-3-10(7-11)5-6-12/h2-4,7,9,12-13H,5-6,8H2,1H3. The topological polar surface area (TPSA) is 49.7 Å². The highest BCUT2D eigenvalue weighted by Gasteiger charge is 1.99. The van der Waals surface area contributed by atoms with Crippen LogP contribution in [0.4, 0.5) is 0 Å². The first-order chi connectivity index (χ1) is 6.72. The first-order valence-corrected chi connectivity index (χ1v) is 4.73. The van der Waals surface area contributed by atoms with Crippen LogP contribution in [0.15, 0.2) is 24.3 Å². The van der Waals surface area contributed by atoms with Gasteiger partial charge in [-0.3, -0.25) is 0 Å². The van der Waals surface area contributed by atoms with E-state index in [1.807, 2.05) is 24.3 Å². The van der Waals surface area contributed by atoms with E-state index in [1.165, 1.54) is 0 Å². The summed E-state index contributed by atoms with van der Waals surface area (Å²) in [6, 6.07) is 7.52. The molecular weight excluding hydrogens is 180 g/mol. The van der Waals surface area contributed by atoms with Gasteiger partial charge in [-0.15, -0.1) is 0 Å². The van der Waals surface area contributed by atoms with Gasteiger partial charge in [0.1, 0.15) is 12.4 Å². The van der Waals surface area contributed by atoms with Crippen LogP contribution in [0.5, 0.6) is 5.75 Å². The monoisotopic (exact) mass is 196 g/mol. The van der Waals surface area contributed by atoms with Gasteiger partial charge < -0.3 is 14.9 Å². The molecule has 1 rings (SSSR count). The number of hydrogen-bond donors (Lipinski definition) is 2. The summed E-state index contributed by atoms with van der Waals surface area (Å²) >= 11 is 0. The minimum Gasteiger partial charge on any atom is -0.491 e. The summed E-state index contributed by atoms with van der Waals surface area (Å²) in [5.41, 5.74) is 1.04. The molecule has 1 aromatic rings. The molecule has 0 saturated carbocycles. The lowest BCUT2D eigenvalue weighted by Gasteiger charge is -2.08. The van der Waals surface area contributed by atoms with Gasteiger partial charge in [-0.2, -0.15) is 0 Å². The average Bonchev–Trinajstić information content (AvgIpc) is 2.16. The predicted molar refractivity (Wildman–Crippen MR) is 54.4 cm³/mol. The fraction of sp³-hybridized carbons (Fsp3) is 0.455. The molecule has 0 aromatic heterocycles. The molecule has 0 saturated heterocycles. The first-order valence-electron chi connectivity index (χ1n) is 4.73. The van der Waals surface area contributed by atoms with E-state index in [-0.39, 0.29) is 6.61 Å². The van der Waals surface area contributed by atoms with Crippen molar-refractivity contribution >= 4 is 0 Å². The van der Waals surface area contributed by atoms with Crippen LogP contribution < -0.4 is 4.74 Å². The van der Waals surface area contributed by atoms with Crippen molar-refractivity contribution in [2.45, 2.75) is 19.4 Å². The fourth-order valence-electron chi connectivity index (χ4n) is 1.14. The van der Waals surface area contributed by atoms with E-state index in [0.717, 1.165) is 11.3 Å². The van der Waals surface area contributed by atoms with Crippen molar-refractivity contribution in [2.24, 2.45) is 0 Å². The zero-order valence-electron chi connectivity index (χ0n) is 8.31. The van der Waals surface area contributed by atoms with Crippen molar-refractivity contribution < 1.29 is 14.9 Å². The lowest BCUT2D eigenvalue weighted by atomic mass is 10.1. The Labute approximate surface area is 84.0 Å². The summed E-state index contributed by atoms with van der Waals surface area (Å²) in [5.74, 6) is 0.733. The largest absolute Gasteiger partial charge is 0.491 e. The van der Waals surface area contributed by atoms with Gasteiger partial charge >= 0.3 is 0 Å². The summed E-state index contributed by atoms with van der Waals surface area (Å²) in [7, 11) is 0. The highest BCUT2D eigenvalue weighted by molar-refractivity contribution is 5.28. The molecule has 3 nitrogen and oxygen atoms in total. The number of benzene rings is 1. The van der Waals surface area contributed by atoms with Crippen molar-refractivity contribution in [2.75, 3.05) is 13.2 Å². The normalized spacial score (nSPS) is 12.5. The van der Waals surface area contributed by atoms with Crippen LogP contribution in [0.2, 0.25) is 0 Å². The quantitative estimate of drug-likeness (QED) is 0.738. The first kappa shape index (κ1) is 11.0. The maximum atomic E-state index is 9.02. The Morgan fingerprint density at radius 2 is 2.21 bits per heavy atom. The second kappa shape index (κ2) is 5.62. The molecule has 3 heteroatoms. The molecule has 14 heavy (non-hydrogen) atoms. The number of aliphatic hydroxyl groups excluding tert-OH is 2. The number of rotatable bonds is 5. The molecule has 1 atom stereocenters. The Morgan fingerprint density at radius 1 is 1.43 bits per heavy atom.